The average molecular weight is 402 g/mol. The molecule has 0 bridgehead atoms. The molecule has 152 valence electrons. The van der Waals surface area contributed by atoms with Crippen molar-refractivity contribution in [1.82, 2.24) is 0 Å². The predicted octanol–water partition coefficient (Wildman–Crippen LogP) is 5.24. The maximum atomic E-state index is 12.5. The first kappa shape index (κ1) is 20.7. The molecule has 0 fully saturated rings. The van der Waals surface area contributed by atoms with Gasteiger partial charge in [0.15, 0.2) is 5.78 Å². The van der Waals surface area contributed by atoms with Crippen molar-refractivity contribution in [3.63, 3.8) is 0 Å². The second kappa shape index (κ2) is 9.93. The number of ketones is 1. The van der Waals surface area contributed by atoms with Gasteiger partial charge in [0, 0.05) is 28.6 Å². The van der Waals surface area contributed by atoms with Gasteiger partial charge in [-0.2, -0.15) is 0 Å². The third kappa shape index (κ3) is 5.48. The van der Waals surface area contributed by atoms with Gasteiger partial charge in [-0.05, 0) is 60.7 Å². The maximum absolute atomic E-state index is 12.5. The summed E-state index contributed by atoms with van der Waals surface area (Å²) in [4.78, 5) is 24.5. The number of ether oxygens (including phenoxy) is 2. The molecule has 0 saturated heterocycles. The minimum atomic E-state index is -0.355. The van der Waals surface area contributed by atoms with Gasteiger partial charge in [-0.3, -0.25) is 4.79 Å². The molecule has 30 heavy (non-hydrogen) atoms. The van der Waals surface area contributed by atoms with Crippen LogP contribution in [0.5, 0.6) is 11.5 Å². The van der Waals surface area contributed by atoms with E-state index in [1.54, 1.807) is 68.8 Å². The number of nitrogens with one attached hydrogen (secondary N) is 2. The molecule has 3 aromatic carbocycles. The first-order valence-corrected chi connectivity index (χ1v) is 9.26. The van der Waals surface area contributed by atoms with Gasteiger partial charge in [-0.25, -0.2) is 4.79 Å². The maximum Gasteiger partial charge on any atom is 0.323 e. The van der Waals surface area contributed by atoms with Gasteiger partial charge in [0.1, 0.15) is 11.5 Å². The Hall–Kier alpha value is -4.06. The quantitative estimate of drug-likeness (QED) is 0.418. The van der Waals surface area contributed by atoms with Crippen LogP contribution in [0.15, 0.2) is 78.9 Å². The lowest BCUT2D eigenvalue weighted by molar-refractivity contribution is 0.104. The lowest BCUT2D eigenvalue weighted by Crippen LogP contribution is -2.19. The molecule has 3 rings (SSSR count). The molecule has 0 unspecified atom stereocenters. The van der Waals surface area contributed by atoms with Gasteiger partial charge in [0.05, 0.1) is 14.2 Å². The van der Waals surface area contributed by atoms with Crippen molar-refractivity contribution < 1.29 is 19.1 Å². The highest BCUT2D eigenvalue weighted by atomic mass is 16.5. The summed E-state index contributed by atoms with van der Waals surface area (Å²) in [5.74, 6) is 1.13. The highest BCUT2D eigenvalue weighted by Gasteiger charge is 2.07. The zero-order chi connectivity index (χ0) is 21.3. The van der Waals surface area contributed by atoms with Crippen molar-refractivity contribution in [2.75, 3.05) is 24.9 Å². The third-order valence-corrected chi connectivity index (χ3v) is 4.31. The first-order valence-electron chi connectivity index (χ1n) is 9.26. The molecular weight excluding hydrogens is 380 g/mol. The Morgan fingerprint density at radius 3 is 2.10 bits per heavy atom. The molecule has 0 spiro atoms. The number of allylic oxidation sites excluding steroid dienone is 1. The Bertz CT molecular complexity index is 1040. The molecule has 0 aromatic heterocycles. The molecule has 0 heterocycles. The lowest BCUT2D eigenvalue weighted by Gasteiger charge is -2.08. The number of methoxy groups -OCH3 is 2. The van der Waals surface area contributed by atoms with Gasteiger partial charge < -0.3 is 20.1 Å². The summed E-state index contributed by atoms with van der Waals surface area (Å²) in [6.07, 6.45) is 3.18. The van der Waals surface area contributed by atoms with Crippen LogP contribution in [0.25, 0.3) is 6.08 Å². The number of amides is 2. The molecule has 2 amide bonds. The van der Waals surface area contributed by atoms with E-state index in [1.807, 2.05) is 24.3 Å². The topological polar surface area (TPSA) is 76.7 Å². The Morgan fingerprint density at radius 1 is 0.800 bits per heavy atom. The number of para-hydroxylation sites is 1. The Morgan fingerprint density at radius 2 is 1.47 bits per heavy atom. The minimum absolute atomic E-state index is 0.159. The molecule has 0 aliphatic carbocycles. The van der Waals surface area contributed by atoms with E-state index < -0.39 is 0 Å². The molecule has 0 aliphatic heterocycles. The molecule has 3 aromatic rings. The van der Waals surface area contributed by atoms with Crippen LogP contribution in [-0.4, -0.2) is 26.0 Å². The zero-order valence-corrected chi connectivity index (χ0v) is 16.7. The van der Waals surface area contributed by atoms with E-state index in [2.05, 4.69) is 10.6 Å². The van der Waals surface area contributed by atoms with Crippen molar-refractivity contribution >= 4 is 29.3 Å². The van der Waals surface area contributed by atoms with E-state index in [1.165, 1.54) is 6.08 Å². The number of hydrogen-bond donors (Lipinski definition) is 2. The SMILES string of the molecule is COc1ccc(/C=C/C(=O)c2ccc(NC(=O)Nc3ccccc3)cc2)c(OC)c1. The molecule has 0 aliphatic rings. The van der Waals surface area contributed by atoms with Crippen LogP contribution < -0.4 is 20.1 Å². The number of benzene rings is 3. The monoisotopic (exact) mass is 402 g/mol. The second-order valence-corrected chi connectivity index (χ2v) is 6.33. The highest BCUT2D eigenvalue weighted by Crippen LogP contribution is 2.25. The van der Waals surface area contributed by atoms with E-state index in [0.717, 1.165) is 5.56 Å². The van der Waals surface area contributed by atoms with Crippen LogP contribution in [0.2, 0.25) is 0 Å². The van der Waals surface area contributed by atoms with Crippen LogP contribution in [0, 0.1) is 0 Å². The van der Waals surface area contributed by atoms with Gasteiger partial charge in [0.2, 0.25) is 0 Å². The summed E-state index contributed by atoms with van der Waals surface area (Å²) in [6.45, 7) is 0. The summed E-state index contributed by atoms with van der Waals surface area (Å²) in [7, 11) is 3.14. The summed E-state index contributed by atoms with van der Waals surface area (Å²) in [5, 5.41) is 5.47. The largest absolute Gasteiger partial charge is 0.497 e. The van der Waals surface area contributed by atoms with Crippen LogP contribution in [0.4, 0.5) is 16.2 Å². The van der Waals surface area contributed by atoms with Crippen molar-refractivity contribution in [3.05, 3.63) is 90.0 Å². The number of anilines is 2. The first-order chi connectivity index (χ1) is 14.6. The van der Waals surface area contributed by atoms with E-state index in [-0.39, 0.29) is 11.8 Å². The van der Waals surface area contributed by atoms with Crippen LogP contribution >= 0.6 is 0 Å². The number of carbonyl (C=O) groups is 2. The average Bonchev–Trinajstić information content (AvgIpc) is 2.78. The Balaban J connectivity index is 1.62. The summed E-state index contributed by atoms with van der Waals surface area (Å²) < 4.78 is 10.5. The fourth-order valence-corrected chi connectivity index (χ4v) is 2.75. The van der Waals surface area contributed by atoms with Crippen molar-refractivity contribution in [2.45, 2.75) is 0 Å². The highest BCUT2D eigenvalue weighted by molar-refractivity contribution is 6.07. The number of carbonyl (C=O) groups excluding carboxylic acids is 2. The molecule has 0 atom stereocenters. The molecular formula is C24H22N2O4. The normalized spacial score (nSPS) is 10.5. The standard InChI is InChI=1S/C24H22N2O4/c1-29-21-14-10-18(23(16-21)30-2)11-15-22(27)17-8-12-20(13-9-17)26-24(28)25-19-6-4-3-5-7-19/h3-16H,1-2H3,(H2,25,26,28)/b15-11+. The van der Waals surface area contributed by atoms with E-state index in [0.29, 0.717) is 28.4 Å². The number of rotatable bonds is 7. The molecule has 6 nitrogen and oxygen atoms in total. The van der Waals surface area contributed by atoms with E-state index in [9.17, 15) is 9.59 Å². The van der Waals surface area contributed by atoms with Crippen molar-refractivity contribution in [1.29, 1.82) is 0 Å². The second-order valence-electron chi connectivity index (χ2n) is 6.33. The van der Waals surface area contributed by atoms with Gasteiger partial charge in [0.25, 0.3) is 0 Å². The van der Waals surface area contributed by atoms with E-state index >= 15 is 0 Å². The minimum Gasteiger partial charge on any atom is -0.497 e. The third-order valence-electron chi connectivity index (χ3n) is 4.31. The smallest absolute Gasteiger partial charge is 0.323 e. The number of hydrogen-bond acceptors (Lipinski definition) is 4. The fourth-order valence-electron chi connectivity index (χ4n) is 2.75. The zero-order valence-electron chi connectivity index (χ0n) is 16.7. The Kier molecular flexibility index (Phi) is 6.84. The van der Waals surface area contributed by atoms with Crippen molar-refractivity contribution in [2.24, 2.45) is 0 Å². The molecule has 0 saturated carbocycles. The molecule has 0 radical (unpaired) electrons. The van der Waals surface area contributed by atoms with Crippen LogP contribution in [0.3, 0.4) is 0 Å². The van der Waals surface area contributed by atoms with Crippen LogP contribution in [0.1, 0.15) is 15.9 Å². The van der Waals surface area contributed by atoms with Gasteiger partial charge in [-0.15, -0.1) is 0 Å². The predicted molar refractivity (Wildman–Crippen MR) is 118 cm³/mol. The number of urea groups is 1. The fraction of sp³-hybridized carbons (Fsp3) is 0.0833. The van der Waals surface area contributed by atoms with Gasteiger partial charge >= 0.3 is 6.03 Å². The lowest BCUT2D eigenvalue weighted by atomic mass is 10.1. The van der Waals surface area contributed by atoms with Crippen molar-refractivity contribution in [3.8, 4) is 11.5 Å². The molecule has 2 N–H and O–H groups in total. The van der Waals surface area contributed by atoms with Crippen LogP contribution in [-0.2, 0) is 0 Å². The molecule has 6 heteroatoms. The van der Waals surface area contributed by atoms with Gasteiger partial charge in [-0.1, -0.05) is 18.2 Å². The summed E-state index contributed by atoms with van der Waals surface area (Å²) >= 11 is 0. The summed E-state index contributed by atoms with van der Waals surface area (Å²) in [5.41, 5.74) is 2.55. The van der Waals surface area contributed by atoms with E-state index in [4.69, 9.17) is 9.47 Å². The summed E-state index contributed by atoms with van der Waals surface area (Å²) in [6, 6.07) is 20.8. The Labute approximate surface area is 175 Å².